The van der Waals surface area contributed by atoms with Crippen LogP contribution in [0.1, 0.15) is 5.56 Å². The monoisotopic (exact) mass is 249 g/mol. The number of hydrogen-bond donors (Lipinski definition) is 2. The van der Waals surface area contributed by atoms with Crippen molar-refractivity contribution < 1.29 is 23.0 Å². The predicted molar refractivity (Wildman–Crippen MR) is 56.5 cm³/mol. The number of hydrogen-bond acceptors (Lipinski definition) is 3. The first-order valence-electron chi connectivity index (χ1n) is 5.06. The minimum Gasteiger partial charge on any atom is -0.493 e. The van der Waals surface area contributed by atoms with E-state index in [2.05, 4.69) is 0 Å². The van der Waals surface area contributed by atoms with Gasteiger partial charge in [-0.3, -0.25) is 0 Å². The fourth-order valence-corrected chi connectivity index (χ4v) is 1.18. The summed E-state index contributed by atoms with van der Waals surface area (Å²) in [6.07, 6.45) is -4.35. The Labute approximate surface area is 97.0 Å². The third-order valence-electron chi connectivity index (χ3n) is 2.30. The van der Waals surface area contributed by atoms with Crippen LogP contribution in [0.15, 0.2) is 24.3 Å². The van der Waals surface area contributed by atoms with Crippen molar-refractivity contribution in [3.63, 3.8) is 0 Å². The van der Waals surface area contributed by atoms with Crippen LogP contribution >= 0.6 is 0 Å². The zero-order valence-corrected chi connectivity index (χ0v) is 9.07. The summed E-state index contributed by atoms with van der Waals surface area (Å²) in [6, 6.07) is 6.19. The van der Waals surface area contributed by atoms with E-state index >= 15 is 0 Å². The van der Waals surface area contributed by atoms with Gasteiger partial charge in [-0.1, -0.05) is 12.1 Å². The van der Waals surface area contributed by atoms with Gasteiger partial charge in [0.1, 0.15) is 18.3 Å². The minimum absolute atomic E-state index is 0.117. The lowest BCUT2D eigenvalue weighted by atomic mass is 10.1. The number of halogens is 3. The summed E-state index contributed by atoms with van der Waals surface area (Å²) in [5.74, 6) is -1.34. The Bertz CT molecular complexity index is 338. The first kappa shape index (κ1) is 13.8. The second kappa shape index (κ2) is 5.88. The number of benzene rings is 1. The first-order valence-corrected chi connectivity index (χ1v) is 5.06. The molecular formula is C11H14F3NO2. The molecule has 0 aliphatic heterocycles. The summed E-state index contributed by atoms with van der Waals surface area (Å²) >= 11 is 0. The molecule has 0 fully saturated rings. The van der Waals surface area contributed by atoms with Crippen molar-refractivity contribution in [3.05, 3.63) is 29.8 Å². The Balaban J connectivity index is 2.54. The molecule has 96 valence electrons. The van der Waals surface area contributed by atoms with Crippen LogP contribution in [0.5, 0.6) is 5.75 Å². The average Bonchev–Trinajstić information content (AvgIpc) is 2.29. The van der Waals surface area contributed by atoms with E-state index in [1.54, 1.807) is 12.1 Å². The van der Waals surface area contributed by atoms with Crippen LogP contribution in [-0.2, 0) is 6.61 Å². The maximum absolute atomic E-state index is 12.3. The van der Waals surface area contributed by atoms with E-state index in [9.17, 15) is 13.2 Å². The van der Waals surface area contributed by atoms with Crippen molar-refractivity contribution in [2.75, 3.05) is 13.2 Å². The lowest BCUT2D eigenvalue weighted by molar-refractivity contribution is -0.178. The maximum Gasteiger partial charge on any atom is 0.396 e. The van der Waals surface area contributed by atoms with Gasteiger partial charge in [0.15, 0.2) is 0 Å². The maximum atomic E-state index is 12.3. The molecule has 0 aliphatic carbocycles. The number of alkyl halides is 3. The van der Waals surface area contributed by atoms with Gasteiger partial charge in [0, 0.05) is 6.54 Å². The summed E-state index contributed by atoms with van der Waals surface area (Å²) in [5, 5.41) is 8.79. The Kier molecular flexibility index (Phi) is 4.77. The molecule has 1 aromatic carbocycles. The van der Waals surface area contributed by atoms with E-state index in [4.69, 9.17) is 15.6 Å². The highest BCUT2D eigenvalue weighted by atomic mass is 19.4. The highest BCUT2D eigenvalue weighted by Gasteiger charge is 2.39. The zero-order valence-electron chi connectivity index (χ0n) is 9.07. The highest BCUT2D eigenvalue weighted by Crippen LogP contribution is 2.26. The SMILES string of the molecule is NCC(COc1ccc(CO)cc1)C(F)(F)F. The molecule has 17 heavy (non-hydrogen) atoms. The number of aliphatic hydroxyl groups is 1. The highest BCUT2D eigenvalue weighted by molar-refractivity contribution is 5.26. The van der Waals surface area contributed by atoms with E-state index in [0.29, 0.717) is 11.3 Å². The summed E-state index contributed by atoms with van der Waals surface area (Å²) < 4.78 is 42.0. The summed E-state index contributed by atoms with van der Waals surface area (Å²) in [4.78, 5) is 0. The standard InChI is InChI=1S/C11H14F3NO2/c12-11(13,14)9(5-15)7-17-10-3-1-8(6-16)2-4-10/h1-4,9,16H,5-7,15H2. The van der Waals surface area contributed by atoms with Gasteiger partial charge in [-0.2, -0.15) is 13.2 Å². The van der Waals surface area contributed by atoms with Crippen LogP contribution in [0.25, 0.3) is 0 Å². The Hall–Kier alpha value is -1.27. The van der Waals surface area contributed by atoms with Crippen LogP contribution in [0.3, 0.4) is 0 Å². The van der Waals surface area contributed by atoms with Crippen molar-refractivity contribution in [3.8, 4) is 5.75 Å². The molecule has 0 heterocycles. The fourth-order valence-electron chi connectivity index (χ4n) is 1.18. The third kappa shape index (κ3) is 4.24. The molecule has 0 saturated carbocycles. The molecule has 0 aliphatic rings. The molecule has 3 N–H and O–H groups in total. The molecule has 3 nitrogen and oxygen atoms in total. The van der Waals surface area contributed by atoms with E-state index in [0.717, 1.165) is 0 Å². The molecule has 1 unspecified atom stereocenters. The Morgan fingerprint density at radius 3 is 2.24 bits per heavy atom. The summed E-state index contributed by atoms with van der Waals surface area (Å²) in [7, 11) is 0. The predicted octanol–water partition coefficient (Wildman–Crippen LogP) is 1.69. The van der Waals surface area contributed by atoms with Gasteiger partial charge in [0.05, 0.1) is 6.61 Å². The molecular weight excluding hydrogens is 235 g/mol. The van der Waals surface area contributed by atoms with Gasteiger partial charge in [0.2, 0.25) is 0 Å². The second-order valence-corrected chi connectivity index (χ2v) is 3.59. The van der Waals surface area contributed by atoms with E-state index in [1.165, 1.54) is 12.1 Å². The van der Waals surface area contributed by atoms with Crippen LogP contribution in [0.4, 0.5) is 13.2 Å². The first-order chi connectivity index (χ1) is 7.97. The number of ether oxygens (including phenoxy) is 1. The van der Waals surface area contributed by atoms with E-state index < -0.39 is 25.2 Å². The Morgan fingerprint density at radius 1 is 1.24 bits per heavy atom. The van der Waals surface area contributed by atoms with Gasteiger partial charge < -0.3 is 15.6 Å². The second-order valence-electron chi connectivity index (χ2n) is 3.59. The van der Waals surface area contributed by atoms with Crippen LogP contribution < -0.4 is 10.5 Å². The topological polar surface area (TPSA) is 55.5 Å². The number of aliphatic hydroxyl groups excluding tert-OH is 1. The van der Waals surface area contributed by atoms with Crippen molar-refractivity contribution in [2.45, 2.75) is 12.8 Å². The van der Waals surface area contributed by atoms with Crippen LogP contribution in [-0.4, -0.2) is 24.4 Å². The zero-order chi connectivity index (χ0) is 12.9. The van der Waals surface area contributed by atoms with Crippen molar-refractivity contribution in [2.24, 2.45) is 11.7 Å². The van der Waals surface area contributed by atoms with Crippen LogP contribution in [0.2, 0.25) is 0 Å². The lowest BCUT2D eigenvalue weighted by Gasteiger charge is -2.18. The molecule has 1 rings (SSSR count). The van der Waals surface area contributed by atoms with Gasteiger partial charge >= 0.3 is 6.18 Å². The lowest BCUT2D eigenvalue weighted by Crippen LogP contribution is -2.35. The molecule has 0 amide bonds. The quantitative estimate of drug-likeness (QED) is 0.835. The molecule has 0 spiro atoms. The Morgan fingerprint density at radius 2 is 1.82 bits per heavy atom. The average molecular weight is 249 g/mol. The molecule has 0 bridgehead atoms. The fraction of sp³-hybridized carbons (Fsp3) is 0.455. The molecule has 0 saturated heterocycles. The van der Waals surface area contributed by atoms with Gasteiger partial charge in [-0.15, -0.1) is 0 Å². The van der Waals surface area contributed by atoms with Gasteiger partial charge in [-0.05, 0) is 17.7 Å². The smallest absolute Gasteiger partial charge is 0.396 e. The summed E-state index contributed by atoms with van der Waals surface area (Å²) in [5.41, 5.74) is 5.71. The molecule has 0 radical (unpaired) electrons. The number of rotatable bonds is 5. The van der Waals surface area contributed by atoms with E-state index in [-0.39, 0.29) is 6.61 Å². The molecule has 1 aromatic rings. The normalized spacial score (nSPS) is 13.5. The van der Waals surface area contributed by atoms with E-state index in [1.807, 2.05) is 0 Å². The number of nitrogens with two attached hydrogens (primary N) is 1. The molecule has 1 atom stereocenters. The minimum atomic E-state index is -4.35. The van der Waals surface area contributed by atoms with Crippen molar-refractivity contribution in [1.82, 2.24) is 0 Å². The van der Waals surface area contributed by atoms with Gasteiger partial charge in [0.25, 0.3) is 0 Å². The van der Waals surface area contributed by atoms with Gasteiger partial charge in [-0.25, -0.2) is 0 Å². The molecule has 0 aromatic heterocycles. The van der Waals surface area contributed by atoms with Crippen molar-refractivity contribution in [1.29, 1.82) is 0 Å². The molecule has 6 heteroatoms. The van der Waals surface area contributed by atoms with Crippen molar-refractivity contribution >= 4 is 0 Å². The third-order valence-corrected chi connectivity index (χ3v) is 2.30. The largest absolute Gasteiger partial charge is 0.493 e. The summed E-state index contributed by atoms with van der Waals surface area (Å²) in [6.45, 7) is -1.12. The van der Waals surface area contributed by atoms with Crippen LogP contribution in [0, 0.1) is 5.92 Å².